The van der Waals surface area contributed by atoms with Crippen molar-refractivity contribution in [2.24, 2.45) is 0 Å². The van der Waals surface area contributed by atoms with E-state index in [1.165, 1.54) is 18.9 Å². The van der Waals surface area contributed by atoms with Gasteiger partial charge in [0.05, 0.1) is 42.5 Å². The van der Waals surface area contributed by atoms with E-state index in [9.17, 15) is 14.4 Å². The van der Waals surface area contributed by atoms with Crippen molar-refractivity contribution in [2.75, 3.05) is 52.3 Å². The average Bonchev–Trinajstić information content (AvgIpc) is 2.82. The van der Waals surface area contributed by atoms with Crippen LogP contribution in [0.1, 0.15) is 30.1 Å². The third-order valence-electron chi connectivity index (χ3n) is 5.27. The van der Waals surface area contributed by atoms with Gasteiger partial charge in [0.1, 0.15) is 0 Å². The Balaban J connectivity index is 1.87. The van der Waals surface area contributed by atoms with Crippen LogP contribution >= 0.6 is 11.8 Å². The van der Waals surface area contributed by atoms with Crippen molar-refractivity contribution in [3.63, 3.8) is 0 Å². The molecule has 0 spiro atoms. The van der Waals surface area contributed by atoms with E-state index in [1.54, 1.807) is 22.8 Å². The molecule has 0 atom stereocenters. The predicted molar refractivity (Wildman–Crippen MR) is 123 cm³/mol. The summed E-state index contributed by atoms with van der Waals surface area (Å²) in [5, 5.41) is 3.77. The number of methoxy groups -OCH3 is 1. The van der Waals surface area contributed by atoms with E-state index < -0.39 is 5.97 Å². The molecular weight excluding hydrogens is 432 g/mol. The molecule has 0 saturated carbocycles. The van der Waals surface area contributed by atoms with E-state index in [2.05, 4.69) is 22.1 Å². The number of nitrogens with zero attached hydrogens (tertiary/aromatic N) is 3. The fourth-order valence-electron chi connectivity index (χ4n) is 3.40. The first-order valence-corrected chi connectivity index (χ1v) is 11.8. The third-order valence-corrected chi connectivity index (χ3v) is 6.25. The minimum absolute atomic E-state index is 0.0964. The van der Waals surface area contributed by atoms with E-state index in [-0.39, 0.29) is 17.2 Å². The molecule has 1 aromatic carbocycles. The number of benzene rings is 1. The Bertz CT molecular complexity index is 1000. The molecule has 1 N–H and O–H groups in total. The van der Waals surface area contributed by atoms with Gasteiger partial charge in [-0.1, -0.05) is 25.1 Å². The molecule has 1 aliphatic heterocycles. The number of amides is 1. The summed E-state index contributed by atoms with van der Waals surface area (Å²) in [6.07, 6.45) is 1.93. The molecule has 1 amide bonds. The van der Waals surface area contributed by atoms with Crippen molar-refractivity contribution in [3.05, 3.63) is 34.1 Å². The van der Waals surface area contributed by atoms with E-state index in [1.807, 2.05) is 0 Å². The van der Waals surface area contributed by atoms with Gasteiger partial charge in [-0.15, -0.1) is 0 Å². The van der Waals surface area contributed by atoms with Gasteiger partial charge < -0.3 is 14.8 Å². The predicted octanol–water partition coefficient (Wildman–Crippen LogP) is 1.52. The second-order valence-electron chi connectivity index (χ2n) is 7.52. The summed E-state index contributed by atoms with van der Waals surface area (Å²) in [6, 6.07) is 4.73. The number of ether oxygens (including phenoxy) is 2. The van der Waals surface area contributed by atoms with Gasteiger partial charge >= 0.3 is 5.97 Å². The van der Waals surface area contributed by atoms with Gasteiger partial charge in [0.15, 0.2) is 5.16 Å². The Morgan fingerprint density at radius 2 is 2.03 bits per heavy atom. The molecule has 0 bridgehead atoms. The summed E-state index contributed by atoms with van der Waals surface area (Å²) >= 11 is 1.23. The van der Waals surface area contributed by atoms with Gasteiger partial charge in [-0.25, -0.2) is 9.78 Å². The number of carbonyl (C=O) groups is 2. The highest BCUT2D eigenvalue weighted by molar-refractivity contribution is 7.99. The second-order valence-corrected chi connectivity index (χ2v) is 8.46. The Labute approximate surface area is 191 Å². The number of nitrogens with one attached hydrogen (secondary N) is 1. The minimum atomic E-state index is -0.491. The Morgan fingerprint density at radius 3 is 2.75 bits per heavy atom. The number of morpholine rings is 1. The first-order valence-electron chi connectivity index (χ1n) is 10.9. The van der Waals surface area contributed by atoms with Crippen LogP contribution in [0.2, 0.25) is 0 Å². The zero-order chi connectivity index (χ0) is 22.9. The quantitative estimate of drug-likeness (QED) is 0.245. The monoisotopic (exact) mass is 462 g/mol. The normalized spacial score (nSPS) is 14.4. The number of rotatable bonds is 10. The van der Waals surface area contributed by atoms with Crippen molar-refractivity contribution < 1.29 is 19.1 Å². The number of fused-ring (bicyclic) bond motifs is 1. The second kappa shape index (κ2) is 12.0. The first-order chi connectivity index (χ1) is 15.5. The maximum atomic E-state index is 13.3. The Kier molecular flexibility index (Phi) is 9.07. The fourth-order valence-corrected chi connectivity index (χ4v) is 4.26. The van der Waals surface area contributed by atoms with Crippen LogP contribution in [0.25, 0.3) is 10.9 Å². The molecule has 2 heterocycles. The number of unbranched alkanes of at least 4 members (excludes halogenated alkanes) is 1. The molecule has 2 aromatic rings. The van der Waals surface area contributed by atoms with Gasteiger partial charge in [0.25, 0.3) is 5.56 Å². The van der Waals surface area contributed by atoms with Crippen LogP contribution < -0.4 is 10.9 Å². The largest absolute Gasteiger partial charge is 0.465 e. The molecule has 0 aliphatic carbocycles. The van der Waals surface area contributed by atoms with Crippen molar-refractivity contribution in [3.8, 4) is 0 Å². The van der Waals surface area contributed by atoms with Gasteiger partial charge in [0, 0.05) is 32.7 Å². The lowest BCUT2D eigenvalue weighted by molar-refractivity contribution is -0.118. The SMILES string of the molecule is CCCCNC(=O)CSc1nc2cc(C(=O)OC)ccc2c(=O)n1CCN1CCOCC1. The average molecular weight is 463 g/mol. The maximum Gasteiger partial charge on any atom is 0.337 e. The lowest BCUT2D eigenvalue weighted by Gasteiger charge is -2.27. The summed E-state index contributed by atoms with van der Waals surface area (Å²) in [6.45, 7) is 6.85. The molecule has 32 heavy (non-hydrogen) atoms. The Morgan fingerprint density at radius 1 is 1.25 bits per heavy atom. The molecule has 3 rings (SSSR count). The lowest BCUT2D eigenvalue weighted by Crippen LogP contribution is -2.39. The van der Waals surface area contributed by atoms with Crippen molar-refractivity contribution in [2.45, 2.75) is 31.5 Å². The lowest BCUT2D eigenvalue weighted by atomic mass is 10.1. The van der Waals surface area contributed by atoms with Gasteiger partial charge in [-0.05, 0) is 24.6 Å². The topological polar surface area (TPSA) is 103 Å². The molecule has 1 saturated heterocycles. The van der Waals surface area contributed by atoms with Crippen LogP contribution in [0.15, 0.2) is 28.2 Å². The fraction of sp³-hybridized carbons (Fsp3) is 0.545. The number of esters is 1. The molecule has 174 valence electrons. The molecule has 10 heteroatoms. The molecule has 1 aromatic heterocycles. The van der Waals surface area contributed by atoms with Crippen molar-refractivity contribution in [1.82, 2.24) is 19.8 Å². The van der Waals surface area contributed by atoms with E-state index in [4.69, 9.17) is 9.47 Å². The van der Waals surface area contributed by atoms with Gasteiger partial charge in [0.2, 0.25) is 5.91 Å². The van der Waals surface area contributed by atoms with E-state index in [0.717, 1.165) is 25.9 Å². The highest BCUT2D eigenvalue weighted by Gasteiger charge is 2.17. The highest BCUT2D eigenvalue weighted by Crippen LogP contribution is 2.19. The molecule has 9 nitrogen and oxygen atoms in total. The highest BCUT2D eigenvalue weighted by atomic mass is 32.2. The Hall–Kier alpha value is -2.43. The zero-order valence-electron chi connectivity index (χ0n) is 18.6. The van der Waals surface area contributed by atoms with Gasteiger partial charge in [-0.3, -0.25) is 19.1 Å². The molecule has 1 fully saturated rings. The summed E-state index contributed by atoms with van der Waals surface area (Å²) in [5.74, 6) is -0.425. The van der Waals surface area contributed by atoms with E-state index in [0.29, 0.717) is 54.5 Å². The minimum Gasteiger partial charge on any atom is -0.465 e. The molecule has 0 unspecified atom stereocenters. The van der Waals surface area contributed by atoms with Crippen molar-refractivity contribution in [1.29, 1.82) is 0 Å². The van der Waals surface area contributed by atoms with Gasteiger partial charge in [-0.2, -0.15) is 0 Å². The van der Waals surface area contributed by atoms with Crippen LogP contribution in [0.4, 0.5) is 0 Å². The standard InChI is InChI=1S/C22H30N4O5S/c1-3-4-7-23-19(27)15-32-22-24-18-14-16(21(29)30-2)5-6-17(18)20(28)26(22)9-8-25-10-12-31-13-11-25/h5-6,14H,3-4,7-13,15H2,1-2H3,(H,23,27). The maximum absolute atomic E-state index is 13.3. The van der Waals surface area contributed by atoms with Crippen LogP contribution in [-0.2, 0) is 20.8 Å². The number of aromatic nitrogens is 2. The summed E-state index contributed by atoms with van der Waals surface area (Å²) in [5.41, 5.74) is 0.550. The number of carbonyl (C=O) groups excluding carboxylic acids is 2. The number of hydrogen-bond donors (Lipinski definition) is 1. The smallest absolute Gasteiger partial charge is 0.337 e. The van der Waals surface area contributed by atoms with Crippen molar-refractivity contribution >= 4 is 34.5 Å². The summed E-state index contributed by atoms with van der Waals surface area (Å²) in [4.78, 5) is 44.3. The van der Waals surface area contributed by atoms with Crippen LogP contribution in [0.3, 0.4) is 0 Å². The molecular formula is C22H30N4O5S. The van der Waals surface area contributed by atoms with Crippen LogP contribution in [0, 0.1) is 0 Å². The summed E-state index contributed by atoms with van der Waals surface area (Å²) in [7, 11) is 1.31. The van der Waals surface area contributed by atoms with E-state index >= 15 is 0 Å². The van der Waals surface area contributed by atoms with Crippen LogP contribution in [0.5, 0.6) is 0 Å². The van der Waals surface area contributed by atoms with Crippen LogP contribution in [-0.4, -0.2) is 78.6 Å². The molecule has 1 aliphatic rings. The summed E-state index contributed by atoms with van der Waals surface area (Å²) < 4.78 is 11.8. The molecule has 0 radical (unpaired) electrons. The zero-order valence-corrected chi connectivity index (χ0v) is 19.4. The number of hydrogen-bond acceptors (Lipinski definition) is 8. The third kappa shape index (κ3) is 6.30. The number of thioether (sulfide) groups is 1. The first kappa shape index (κ1) is 24.2.